The molecule has 0 saturated carbocycles. The number of aromatic nitrogens is 3. The summed E-state index contributed by atoms with van der Waals surface area (Å²) in [5, 5.41) is 12.1. The van der Waals surface area contributed by atoms with Gasteiger partial charge in [-0.15, -0.1) is 0 Å². The van der Waals surface area contributed by atoms with E-state index >= 15 is 0 Å². The number of hydrogen-bond donors (Lipinski definition) is 1. The third-order valence-electron chi connectivity index (χ3n) is 5.29. The van der Waals surface area contributed by atoms with Gasteiger partial charge in [0.2, 0.25) is 0 Å². The molecule has 0 bridgehead atoms. The number of H-pyrrole nitrogens is 1. The van der Waals surface area contributed by atoms with Crippen LogP contribution in [0.15, 0.2) is 24.5 Å². The minimum Gasteiger partial charge on any atom is -0.343 e. The van der Waals surface area contributed by atoms with E-state index in [1.54, 1.807) is 18.5 Å². The van der Waals surface area contributed by atoms with Crippen LogP contribution in [-0.4, -0.2) is 26.4 Å². The highest BCUT2D eigenvalue weighted by molar-refractivity contribution is 5.94. The molecular formula is C18H17N5O2. The van der Waals surface area contributed by atoms with Crippen LogP contribution in [0.2, 0.25) is 0 Å². The van der Waals surface area contributed by atoms with Crippen LogP contribution in [0.1, 0.15) is 29.7 Å². The van der Waals surface area contributed by atoms with Crippen LogP contribution >= 0.6 is 0 Å². The van der Waals surface area contributed by atoms with Crippen molar-refractivity contribution in [2.24, 2.45) is 0 Å². The zero-order valence-corrected chi connectivity index (χ0v) is 13.7. The third kappa shape index (κ3) is 2.12. The maximum absolute atomic E-state index is 11.0. The molecule has 126 valence electrons. The maximum Gasteiger partial charge on any atom is 0.269 e. The van der Waals surface area contributed by atoms with Crippen LogP contribution in [0.4, 0.5) is 17.2 Å². The number of anilines is 2. The van der Waals surface area contributed by atoms with E-state index in [-0.39, 0.29) is 10.6 Å². The van der Waals surface area contributed by atoms with Crippen molar-refractivity contribution in [3.8, 4) is 0 Å². The Labute approximate surface area is 143 Å². The van der Waals surface area contributed by atoms with E-state index in [0.717, 1.165) is 53.9 Å². The van der Waals surface area contributed by atoms with E-state index in [0.29, 0.717) is 0 Å². The van der Waals surface area contributed by atoms with Crippen LogP contribution < -0.4 is 4.90 Å². The molecule has 0 atom stereocenters. The summed E-state index contributed by atoms with van der Waals surface area (Å²) in [6.07, 6.45) is 6.90. The van der Waals surface area contributed by atoms with Gasteiger partial charge in [0.25, 0.3) is 5.69 Å². The first-order valence-corrected chi connectivity index (χ1v) is 8.61. The molecule has 3 aromatic rings. The molecule has 3 heterocycles. The van der Waals surface area contributed by atoms with Gasteiger partial charge in [0.1, 0.15) is 17.8 Å². The minimum absolute atomic E-state index is 0.146. The van der Waals surface area contributed by atoms with Gasteiger partial charge in [-0.25, -0.2) is 9.97 Å². The Morgan fingerprint density at radius 3 is 2.92 bits per heavy atom. The van der Waals surface area contributed by atoms with Crippen LogP contribution in [0.5, 0.6) is 0 Å². The van der Waals surface area contributed by atoms with Crippen LogP contribution in [0.25, 0.3) is 11.0 Å². The second kappa shape index (κ2) is 5.27. The van der Waals surface area contributed by atoms with Crippen molar-refractivity contribution in [3.63, 3.8) is 0 Å². The molecule has 0 saturated heterocycles. The number of benzene rings is 1. The number of non-ortho nitro benzene ring substituents is 1. The van der Waals surface area contributed by atoms with Crippen molar-refractivity contribution in [2.75, 3.05) is 11.4 Å². The Balaban J connectivity index is 1.66. The topological polar surface area (TPSA) is 87.9 Å². The largest absolute Gasteiger partial charge is 0.343 e. The monoisotopic (exact) mass is 335 g/mol. The first-order chi connectivity index (χ1) is 12.2. The highest BCUT2D eigenvalue weighted by Crippen LogP contribution is 2.40. The lowest BCUT2D eigenvalue weighted by molar-refractivity contribution is -0.384. The van der Waals surface area contributed by atoms with Gasteiger partial charge in [0, 0.05) is 30.1 Å². The molecule has 1 aromatic carbocycles. The summed E-state index contributed by atoms with van der Waals surface area (Å²) in [6, 6.07) is 5.09. The lowest BCUT2D eigenvalue weighted by atomic mass is 9.96. The normalized spacial score (nSPS) is 16.1. The average molecular weight is 335 g/mol. The van der Waals surface area contributed by atoms with E-state index in [2.05, 4.69) is 19.9 Å². The molecule has 25 heavy (non-hydrogen) atoms. The van der Waals surface area contributed by atoms with Crippen LogP contribution in [0, 0.1) is 10.1 Å². The predicted octanol–water partition coefficient (Wildman–Crippen LogP) is 3.44. The van der Waals surface area contributed by atoms with Gasteiger partial charge in [-0.05, 0) is 49.3 Å². The highest BCUT2D eigenvalue weighted by atomic mass is 16.6. The molecule has 7 heteroatoms. The van der Waals surface area contributed by atoms with E-state index < -0.39 is 0 Å². The summed E-state index contributed by atoms with van der Waals surface area (Å²) in [4.78, 5) is 25.3. The fraction of sp³-hybridized carbons (Fsp3) is 0.333. The van der Waals surface area contributed by atoms with Gasteiger partial charge in [0.15, 0.2) is 0 Å². The Hall–Kier alpha value is -2.96. The lowest BCUT2D eigenvalue weighted by Crippen LogP contribution is -2.15. The molecule has 0 spiro atoms. The number of aromatic amines is 1. The smallest absolute Gasteiger partial charge is 0.269 e. The van der Waals surface area contributed by atoms with Crippen molar-refractivity contribution < 1.29 is 4.92 Å². The van der Waals surface area contributed by atoms with Crippen molar-refractivity contribution in [2.45, 2.75) is 32.1 Å². The number of hydrogen-bond acceptors (Lipinski definition) is 5. The van der Waals surface area contributed by atoms with Gasteiger partial charge < -0.3 is 9.88 Å². The molecule has 0 amide bonds. The molecular weight excluding hydrogens is 318 g/mol. The summed E-state index contributed by atoms with van der Waals surface area (Å²) in [7, 11) is 0. The Bertz CT molecular complexity index is 1010. The fourth-order valence-electron chi connectivity index (χ4n) is 4.14. The third-order valence-corrected chi connectivity index (χ3v) is 5.29. The lowest BCUT2D eigenvalue weighted by Gasteiger charge is -2.20. The molecule has 1 aliphatic carbocycles. The summed E-state index contributed by atoms with van der Waals surface area (Å²) < 4.78 is 0. The zero-order valence-electron chi connectivity index (χ0n) is 13.7. The number of nitro benzene ring substituents is 1. The van der Waals surface area contributed by atoms with Gasteiger partial charge in [-0.2, -0.15) is 0 Å². The van der Waals surface area contributed by atoms with Gasteiger partial charge >= 0.3 is 0 Å². The number of nitrogens with one attached hydrogen (secondary N) is 1. The van der Waals surface area contributed by atoms with Crippen molar-refractivity contribution in [1.29, 1.82) is 0 Å². The van der Waals surface area contributed by atoms with Gasteiger partial charge in [0.05, 0.1) is 10.3 Å². The first-order valence-electron chi connectivity index (χ1n) is 8.61. The quantitative estimate of drug-likeness (QED) is 0.572. The second-order valence-corrected chi connectivity index (χ2v) is 6.68. The number of nitrogens with zero attached hydrogens (tertiary/aromatic N) is 4. The summed E-state index contributed by atoms with van der Waals surface area (Å²) in [6.45, 7) is 0.780. The molecule has 2 aromatic heterocycles. The molecule has 1 aliphatic heterocycles. The maximum atomic E-state index is 11.0. The van der Waals surface area contributed by atoms with E-state index in [9.17, 15) is 10.1 Å². The standard InChI is InChI=1S/C18H17N5O2/c24-23(25)12-5-6-15-11(9-12)7-8-22(15)18-16-13-3-1-2-4-14(13)21-17(16)19-10-20-18/h5-6,9-10H,1-4,7-8H2,(H,19,20,21). The van der Waals surface area contributed by atoms with E-state index in [4.69, 9.17) is 0 Å². The number of nitro groups is 1. The Morgan fingerprint density at radius 2 is 2.04 bits per heavy atom. The fourth-order valence-corrected chi connectivity index (χ4v) is 4.14. The molecule has 7 nitrogen and oxygen atoms in total. The van der Waals surface area contributed by atoms with Crippen molar-refractivity contribution in [1.82, 2.24) is 15.0 Å². The Kier molecular flexibility index (Phi) is 3.03. The van der Waals surface area contributed by atoms with E-state index in [1.807, 2.05) is 6.07 Å². The van der Waals surface area contributed by atoms with Gasteiger partial charge in [-0.1, -0.05) is 0 Å². The molecule has 5 rings (SSSR count). The summed E-state index contributed by atoms with van der Waals surface area (Å²) in [5.74, 6) is 0.914. The zero-order chi connectivity index (χ0) is 17.0. The van der Waals surface area contributed by atoms with Crippen LogP contribution in [0.3, 0.4) is 0 Å². The number of fused-ring (bicyclic) bond motifs is 4. The second-order valence-electron chi connectivity index (χ2n) is 6.68. The van der Waals surface area contributed by atoms with Crippen molar-refractivity contribution in [3.05, 3.63) is 51.5 Å². The summed E-state index contributed by atoms with van der Waals surface area (Å²) >= 11 is 0. The Morgan fingerprint density at radius 1 is 1.16 bits per heavy atom. The van der Waals surface area contributed by atoms with Crippen LogP contribution in [-0.2, 0) is 19.3 Å². The molecule has 0 radical (unpaired) electrons. The number of rotatable bonds is 2. The number of aryl methyl sites for hydroxylation is 2. The molecule has 0 unspecified atom stereocenters. The highest BCUT2D eigenvalue weighted by Gasteiger charge is 2.28. The predicted molar refractivity (Wildman–Crippen MR) is 94.3 cm³/mol. The van der Waals surface area contributed by atoms with Crippen molar-refractivity contribution >= 4 is 28.2 Å². The molecule has 1 N–H and O–H groups in total. The molecule has 2 aliphatic rings. The SMILES string of the molecule is O=[N+]([O-])c1ccc2c(c1)CCN2c1ncnc2[nH]c3c(c12)CCCC3. The first kappa shape index (κ1) is 14.4. The molecule has 0 fully saturated rings. The van der Waals surface area contributed by atoms with Gasteiger partial charge in [-0.3, -0.25) is 10.1 Å². The summed E-state index contributed by atoms with van der Waals surface area (Å²) in [5.41, 5.74) is 5.68. The minimum atomic E-state index is -0.339. The van der Waals surface area contributed by atoms with E-state index in [1.165, 1.54) is 24.1 Å². The average Bonchev–Trinajstić information content (AvgIpc) is 3.22.